The minimum Gasteiger partial charge on any atom is -0.478 e. The summed E-state index contributed by atoms with van der Waals surface area (Å²) in [6.07, 6.45) is 2.73. The van der Waals surface area contributed by atoms with Crippen LogP contribution in [0.5, 0.6) is 0 Å². The average molecular weight is 294 g/mol. The second kappa shape index (κ2) is 5.61. The monoisotopic (exact) mass is 294 g/mol. The molecule has 8 nitrogen and oxygen atoms in total. The molecule has 2 rings (SSSR count). The van der Waals surface area contributed by atoms with Crippen molar-refractivity contribution in [2.45, 2.75) is 13.5 Å². The number of carboxylic acid groups (broad SMARTS) is 1. The zero-order valence-electron chi connectivity index (χ0n) is 10.4. The quantitative estimate of drug-likeness (QED) is 0.640. The zero-order chi connectivity index (χ0) is 14.7. The van der Waals surface area contributed by atoms with Gasteiger partial charge in [-0.25, -0.2) is 14.8 Å². The number of aromatic carboxylic acids is 1. The van der Waals surface area contributed by atoms with E-state index in [1.807, 2.05) is 6.92 Å². The van der Waals surface area contributed by atoms with E-state index in [-0.39, 0.29) is 17.1 Å². The highest BCUT2D eigenvalue weighted by Gasteiger charge is 2.17. The molecule has 2 N–H and O–H groups in total. The number of hydrogen-bond donors (Lipinski definition) is 2. The van der Waals surface area contributed by atoms with Gasteiger partial charge in [0.05, 0.1) is 11.5 Å². The number of carbonyl (C=O) groups is 1. The fourth-order valence-electron chi connectivity index (χ4n) is 1.50. The molecular formula is C11H10N4O4S. The molecule has 2 aromatic rings. The summed E-state index contributed by atoms with van der Waals surface area (Å²) in [5.41, 5.74) is -0.606. The molecule has 9 heteroatoms. The van der Waals surface area contributed by atoms with Crippen LogP contribution in [-0.2, 0) is 6.54 Å². The summed E-state index contributed by atoms with van der Waals surface area (Å²) in [6.45, 7) is 2.22. The summed E-state index contributed by atoms with van der Waals surface area (Å²) in [5.74, 6) is -1.20. The molecule has 0 aliphatic heterocycles. The van der Waals surface area contributed by atoms with Gasteiger partial charge in [0.15, 0.2) is 0 Å². The molecule has 0 amide bonds. The van der Waals surface area contributed by atoms with E-state index in [4.69, 9.17) is 5.11 Å². The van der Waals surface area contributed by atoms with Gasteiger partial charge in [0.1, 0.15) is 22.6 Å². The van der Waals surface area contributed by atoms with Crippen molar-refractivity contribution >= 4 is 28.8 Å². The number of pyridine rings is 1. The van der Waals surface area contributed by atoms with Crippen LogP contribution >= 0.6 is 11.3 Å². The van der Waals surface area contributed by atoms with Gasteiger partial charge < -0.3 is 10.4 Å². The molecule has 0 aliphatic rings. The van der Waals surface area contributed by atoms with Crippen molar-refractivity contribution in [1.82, 2.24) is 9.97 Å². The van der Waals surface area contributed by atoms with Crippen molar-refractivity contribution in [3.63, 3.8) is 0 Å². The largest absolute Gasteiger partial charge is 0.478 e. The number of aryl methyl sites for hydroxylation is 1. The van der Waals surface area contributed by atoms with Crippen LogP contribution in [0.15, 0.2) is 18.5 Å². The van der Waals surface area contributed by atoms with Crippen molar-refractivity contribution < 1.29 is 14.8 Å². The average Bonchev–Trinajstić information content (AvgIpc) is 2.81. The molecule has 0 fully saturated rings. The number of hydrogen-bond acceptors (Lipinski definition) is 7. The molecular weight excluding hydrogens is 284 g/mol. The zero-order valence-corrected chi connectivity index (χ0v) is 11.2. The van der Waals surface area contributed by atoms with Gasteiger partial charge in [-0.3, -0.25) is 10.1 Å². The lowest BCUT2D eigenvalue weighted by Crippen LogP contribution is -2.09. The van der Waals surface area contributed by atoms with Gasteiger partial charge in [0, 0.05) is 17.1 Å². The molecule has 104 valence electrons. The summed E-state index contributed by atoms with van der Waals surface area (Å²) in [6, 6.07) is 0.977. The van der Waals surface area contributed by atoms with Gasteiger partial charge in [-0.1, -0.05) is 0 Å². The summed E-state index contributed by atoms with van der Waals surface area (Å²) >= 11 is 1.47. The second-order valence-electron chi connectivity index (χ2n) is 3.87. The highest BCUT2D eigenvalue weighted by atomic mass is 32.1. The first-order chi connectivity index (χ1) is 9.47. The van der Waals surface area contributed by atoms with Gasteiger partial charge in [-0.2, -0.15) is 0 Å². The molecule has 0 aromatic carbocycles. The molecule has 0 atom stereocenters. The maximum Gasteiger partial charge on any atom is 0.339 e. The van der Waals surface area contributed by atoms with Gasteiger partial charge >= 0.3 is 5.97 Å². The minimum absolute atomic E-state index is 0.0796. The Labute approximate surface area is 117 Å². The van der Waals surface area contributed by atoms with Crippen molar-refractivity contribution in [3.05, 3.63) is 44.0 Å². The van der Waals surface area contributed by atoms with Crippen LogP contribution in [0.4, 0.5) is 11.5 Å². The lowest BCUT2D eigenvalue weighted by atomic mass is 10.2. The normalized spacial score (nSPS) is 10.2. The minimum atomic E-state index is -1.28. The van der Waals surface area contributed by atoms with Crippen LogP contribution < -0.4 is 5.32 Å². The molecule has 0 unspecified atom stereocenters. The Morgan fingerprint density at radius 2 is 2.25 bits per heavy atom. The van der Waals surface area contributed by atoms with E-state index < -0.39 is 10.9 Å². The number of aromatic nitrogens is 2. The Balaban J connectivity index is 2.22. The number of rotatable bonds is 5. The second-order valence-corrected chi connectivity index (χ2v) is 5.19. The summed E-state index contributed by atoms with van der Waals surface area (Å²) in [7, 11) is 0. The molecule has 0 radical (unpaired) electrons. The molecule has 2 heterocycles. The Morgan fingerprint density at radius 3 is 2.80 bits per heavy atom. The van der Waals surface area contributed by atoms with Crippen molar-refractivity contribution in [2.75, 3.05) is 5.32 Å². The molecule has 0 bridgehead atoms. The van der Waals surface area contributed by atoms with E-state index in [1.54, 1.807) is 6.20 Å². The Hall–Kier alpha value is -2.55. The summed E-state index contributed by atoms with van der Waals surface area (Å²) in [4.78, 5) is 30.0. The third-order valence-electron chi connectivity index (χ3n) is 2.39. The maximum atomic E-state index is 11.1. The van der Waals surface area contributed by atoms with Crippen LogP contribution in [0.2, 0.25) is 0 Å². The molecule has 0 aliphatic carbocycles. The van der Waals surface area contributed by atoms with E-state index in [1.165, 1.54) is 11.3 Å². The van der Waals surface area contributed by atoms with E-state index in [0.29, 0.717) is 6.54 Å². The maximum absolute atomic E-state index is 11.1. The number of nitro groups is 1. The number of anilines is 1. The van der Waals surface area contributed by atoms with Crippen LogP contribution in [0.1, 0.15) is 20.2 Å². The fourth-order valence-corrected chi connectivity index (χ4v) is 2.23. The molecule has 0 saturated heterocycles. The number of thiazole rings is 1. The fraction of sp³-hybridized carbons (Fsp3) is 0.182. The summed E-state index contributed by atoms with van der Waals surface area (Å²) < 4.78 is 0. The van der Waals surface area contributed by atoms with E-state index in [2.05, 4.69) is 15.3 Å². The Bertz CT molecular complexity index is 670. The lowest BCUT2D eigenvalue weighted by Gasteiger charge is -2.06. The first-order valence-electron chi connectivity index (χ1n) is 5.50. The molecule has 2 aromatic heterocycles. The van der Waals surface area contributed by atoms with Crippen molar-refractivity contribution in [2.24, 2.45) is 0 Å². The first kappa shape index (κ1) is 13.9. The van der Waals surface area contributed by atoms with E-state index in [0.717, 1.165) is 22.1 Å². The number of nitrogens with zero attached hydrogens (tertiary/aromatic N) is 3. The Morgan fingerprint density at radius 1 is 1.50 bits per heavy atom. The molecule has 0 spiro atoms. The van der Waals surface area contributed by atoms with Crippen LogP contribution in [0, 0.1) is 17.0 Å². The van der Waals surface area contributed by atoms with Crippen molar-refractivity contribution in [1.29, 1.82) is 0 Å². The first-order valence-corrected chi connectivity index (χ1v) is 6.32. The number of nitrogens with one attached hydrogen (secondary N) is 1. The highest BCUT2D eigenvalue weighted by molar-refractivity contribution is 7.11. The van der Waals surface area contributed by atoms with Crippen LogP contribution in [-0.4, -0.2) is 26.0 Å². The standard InChI is InChI=1S/C11H10N4O4S/c1-6-3-12-9(20-6)5-14-10-8(11(16)17)2-7(4-13-10)15(18)19/h2-4H,5H2,1H3,(H,13,14)(H,16,17). The van der Waals surface area contributed by atoms with Gasteiger partial charge in [0.25, 0.3) is 5.69 Å². The number of carboxylic acids is 1. The van der Waals surface area contributed by atoms with Crippen LogP contribution in [0.25, 0.3) is 0 Å². The molecule has 20 heavy (non-hydrogen) atoms. The SMILES string of the molecule is Cc1cnc(CNc2ncc([N+](=O)[O-])cc2C(=O)O)s1. The predicted molar refractivity (Wildman–Crippen MR) is 72.0 cm³/mol. The van der Waals surface area contributed by atoms with Gasteiger partial charge in [-0.15, -0.1) is 11.3 Å². The van der Waals surface area contributed by atoms with Gasteiger partial charge in [0.2, 0.25) is 0 Å². The smallest absolute Gasteiger partial charge is 0.339 e. The predicted octanol–water partition coefficient (Wildman–Crippen LogP) is 2.07. The van der Waals surface area contributed by atoms with E-state index in [9.17, 15) is 14.9 Å². The summed E-state index contributed by atoms with van der Waals surface area (Å²) in [5, 5.41) is 23.3. The van der Waals surface area contributed by atoms with Crippen LogP contribution in [0.3, 0.4) is 0 Å². The lowest BCUT2D eigenvalue weighted by molar-refractivity contribution is -0.385. The third kappa shape index (κ3) is 3.06. The molecule has 0 saturated carbocycles. The van der Waals surface area contributed by atoms with Crippen molar-refractivity contribution in [3.8, 4) is 0 Å². The third-order valence-corrected chi connectivity index (χ3v) is 3.30. The van der Waals surface area contributed by atoms with E-state index >= 15 is 0 Å². The highest BCUT2D eigenvalue weighted by Crippen LogP contribution is 2.20. The van der Waals surface area contributed by atoms with Gasteiger partial charge in [-0.05, 0) is 6.92 Å². The Kier molecular flexibility index (Phi) is 3.89. The topological polar surface area (TPSA) is 118 Å².